The topological polar surface area (TPSA) is 32.3 Å². The first-order valence-corrected chi connectivity index (χ1v) is 5.55. The zero-order chi connectivity index (χ0) is 11.3. The summed E-state index contributed by atoms with van der Waals surface area (Å²) in [5, 5.41) is 12.5. The first-order valence-electron chi connectivity index (χ1n) is 5.55. The molecule has 2 N–H and O–H groups in total. The van der Waals surface area contributed by atoms with Crippen molar-refractivity contribution in [1.82, 2.24) is 5.32 Å². The molecule has 0 saturated carbocycles. The predicted octanol–water partition coefficient (Wildman–Crippen LogP) is 1.90. The van der Waals surface area contributed by atoms with Gasteiger partial charge in [-0.25, -0.2) is 0 Å². The zero-order valence-corrected chi connectivity index (χ0v) is 9.83. The summed E-state index contributed by atoms with van der Waals surface area (Å²) in [4.78, 5) is 0. The molecule has 0 bridgehead atoms. The molecule has 0 saturated heterocycles. The minimum Gasteiger partial charge on any atom is -0.392 e. The summed E-state index contributed by atoms with van der Waals surface area (Å²) in [7, 11) is 0. The lowest BCUT2D eigenvalue weighted by atomic mass is 10.0. The standard InChI is InChI=1S/C13H21NO/c1-10-6-4-5-7-13(10)8-11(2)14-9-12(3)15/h4-7,11-12,14-15H,8-9H2,1-3H3. The summed E-state index contributed by atoms with van der Waals surface area (Å²) in [6.07, 6.45) is 0.740. The van der Waals surface area contributed by atoms with Gasteiger partial charge in [-0.1, -0.05) is 24.3 Å². The number of rotatable bonds is 5. The van der Waals surface area contributed by atoms with E-state index in [4.69, 9.17) is 5.11 Å². The van der Waals surface area contributed by atoms with Crippen molar-refractivity contribution in [3.05, 3.63) is 35.4 Å². The number of aryl methyl sites for hydroxylation is 1. The van der Waals surface area contributed by atoms with Crippen molar-refractivity contribution in [2.75, 3.05) is 6.54 Å². The highest BCUT2D eigenvalue weighted by Crippen LogP contribution is 2.09. The fraction of sp³-hybridized carbons (Fsp3) is 0.538. The van der Waals surface area contributed by atoms with Gasteiger partial charge in [-0.05, 0) is 38.3 Å². The fourth-order valence-corrected chi connectivity index (χ4v) is 1.61. The van der Waals surface area contributed by atoms with E-state index in [1.165, 1.54) is 11.1 Å². The van der Waals surface area contributed by atoms with E-state index in [0.717, 1.165) is 6.42 Å². The Bertz CT molecular complexity index is 296. The third kappa shape index (κ3) is 4.45. The van der Waals surface area contributed by atoms with Crippen molar-refractivity contribution in [2.24, 2.45) is 0 Å². The maximum absolute atomic E-state index is 9.16. The molecule has 15 heavy (non-hydrogen) atoms. The van der Waals surface area contributed by atoms with Crippen molar-refractivity contribution in [1.29, 1.82) is 0 Å². The van der Waals surface area contributed by atoms with Crippen LogP contribution in [0.5, 0.6) is 0 Å². The molecule has 0 amide bonds. The van der Waals surface area contributed by atoms with Crippen LogP contribution in [-0.4, -0.2) is 23.8 Å². The monoisotopic (exact) mass is 207 g/mol. The van der Waals surface area contributed by atoms with Gasteiger partial charge >= 0.3 is 0 Å². The number of benzene rings is 1. The van der Waals surface area contributed by atoms with Crippen LogP contribution in [0.3, 0.4) is 0 Å². The molecule has 1 rings (SSSR count). The third-order valence-electron chi connectivity index (χ3n) is 2.55. The second kappa shape index (κ2) is 5.89. The number of aliphatic hydroxyl groups is 1. The van der Waals surface area contributed by atoms with Crippen molar-refractivity contribution >= 4 is 0 Å². The van der Waals surface area contributed by atoms with Crippen LogP contribution >= 0.6 is 0 Å². The summed E-state index contributed by atoms with van der Waals surface area (Å²) >= 11 is 0. The van der Waals surface area contributed by atoms with Crippen molar-refractivity contribution in [2.45, 2.75) is 39.3 Å². The third-order valence-corrected chi connectivity index (χ3v) is 2.55. The van der Waals surface area contributed by atoms with Crippen molar-refractivity contribution in [3.8, 4) is 0 Å². The van der Waals surface area contributed by atoms with E-state index >= 15 is 0 Å². The average molecular weight is 207 g/mol. The van der Waals surface area contributed by atoms with Crippen molar-refractivity contribution < 1.29 is 5.11 Å². The molecule has 0 fully saturated rings. The molecule has 2 unspecified atom stereocenters. The molecule has 0 aliphatic rings. The first kappa shape index (κ1) is 12.2. The van der Waals surface area contributed by atoms with Crippen LogP contribution in [-0.2, 0) is 6.42 Å². The summed E-state index contributed by atoms with van der Waals surface area (Å²) < 4.78 is 0. The average Bonchev–Trinajstić information content (AvgIpc) is 2.18. The second-order valence-electron chi connectivity index (χ2n) is 4.29. The highest BCUT2D eigenvalue weighted by Gasteiger charge is 2.05. The quantitative estimate of drug-likeness (QED) is 0.773. The van der Waals surface area contributed by atoms with Gasteiger partial charge in [-0.3, -0.25) is 0 Å². The van der Waals surface area contributed by atoms with E-state index < -0.39 is 0 Å². The number of nitrogens with one attached hydrogen (secondary N) is 1. The maximum atomic E-state index is 9.16. The predicted molar refractivity (Wildman–Crippen MR) is 64.0 cm³/mol. The van der Waals surface area contributed by atoms with E-state index in [1.807, 2.05) is 0 Å². The lowest BCUT2D eigenvalue weighted by Crippen LogP contribution is -2.34. The first-order chi connectivity index (χ1) is 7.09. The normalized spacial score (nSPS) is 14.9. The molecule has 1 aromatic rings. The number of aliphatic hydroxyl groups excluding tert-OH is 1. The van der Waals surface area contributed by atoms with Crippen LogP contribution in [0.2, 0.25) is 0 Å². The van der Waals surface area contributed by atoms with Gasteiger partial charge in [0.15, 0.2) is 0 Å². The van der Waals surface area contributed by atoms with Crippen molar-refractivity contribution in [3.63, 3.8) is 0 Å². The minimum absolute atomic E-state index is 0.274. The number of hydrogen-bond acceptors (Lipinski definition) is 2. The van der Waals surface area contributed by atoms with E-state index in [-0.39, 0.29) is 6.10 Å². The van der Waals surface area contributed by atoms with E-state index in [2.05, 4.69) is 43.4 Å². The molecule has 0 radical (unpaired) electrons. The van der Waals surface area contributed by atoms with E-state index in [9.17, 15) is 0 Å². The maximum Gasteiger partial charge on any atom is 0.0636 e. The Balaban J connectivity index is 2.44. The van der Waals surface area contributed by atoms with Crippen LogP contribution in [0, 0.1) is 6.92 Å². The summed E-state index contributed by atoms with van der Waals surface area (Å²) in [5.41, 5.74) is 2.71. The molecule has 0 aliphatic carbocycles. The van der Waals surface area contributed by atoms with Crippen LogP contribution in [0.25, 0.3) is 0 Å². The molecule has 2 heteroatoms. The Hall–Kier alpha value is -0.860. The van der Waals surface area contributed by atoms with Crippen LogP contribution in [0.1, 0.15) is 25.0 Å². The van der Waals surface area contributed by atoms with Gasteiger partial charge in [0.05, 0.1) is 6.10 Å². The summed E-state index contributed by atoms with van der Waals surface area (Å²) in [6, 6.07) is 8.84. The highest BCUT2D eigenvalue weighted by atomic mass is 16.3. The Morgan fingerprint density at radius 3 is 2.53 bits per heavy atom. The largest absolute Gasteiger partial charge is 0.392 e. The fourth-order valence-electron chi connectivity index (χ4n) is 1.61. The molecule has 84 valence electrons. The Morgan fingerprint density at radius 2 is 1.93 bits per heavy atom. The van der Waals surface area contributed by atoms with Crippen LogP contribution in [0.15, 0.2) is 24.3 Å². The molecule has 0 aromatic heterocycles. The number of hydrogen-bond donors (Lipinski definition) is 2. The van der Waals surface area contributed by atoms with Gasteiger partial charge in [0.25, 0.3) is 0 Å². The van der Waals surface area contributed by atoms with Gasteiger partial charge in [0.1, 0.15) is 0 Å². The van der Waals surface area contributed by atoms with Gasteiger partial charge in [-0.15, -0.1) is 0 Å². The lowest BCUT2D eigenvalue weighted by Gasteiger charge is -2.16. The molecule has 0 aliphatic heterocycles. The Labute approximate surface area is 92.3 Å². The van der Waals surface area contributed by atoms with Gasteiger partial charge in [0, 0.05) is 12.6 Å². The summed E-state index contributed by atoms with van der Waals surface area (Å²) in [5.74, 6) is 0. The van der Waals surface area contributed by atoms with Crippen LogP contribution in [0.4, 0.5) is 0 Å². The van der Waals surface area contributed by atoms with Gasteiger partial charge in [0.2, 0.25) is 0 Å². The summed E-state index contributed by atoms with van der Waals surface area (Å²) in [6.45, 7) is 6.74. The molecule has 1 aromatic carbocycles. The van der Waals surface area contributed by atoms with Crippen LogP contribution < -0.4 is 5.32 Å². The van der Waals surface area contributed by atoms with Gasteiger partial charge in [-0.2, -0.15) is 0 Å². The lowest BCUT2D eigenvalue weighted by molar-refractivity contribution is 0.187. The molecule has 0 heterocycles. The molecular weight excluding hydrogens is 186 g/mol. The Kier molecular flexibility index (Phi) is 4.79. The smallest absolute Gasteiger partial charge is 0.0636 e. The highest BCUT2D eigenvalue weighted by molar-refractivity contribution is 5.26. The molecule has 2 nitrogen and oxygen atoms in total. The zero-order valence-electron chi connectivity index (χ0n) is 9.83. The second-order valence-corrected chi connectivity index (χ2v) is 4.29. The minimum atomic E-state index is -0.274. The molecule has 0 spiro atoms. The Morgan fingerprint density at radius 1 is 1.27 bits per heavy atom. The molecular formula is C13H21NO. The van der Waals surface area contributed by atoms with E-state index in [1.54, 1.807) is 6.92 Å². The SMILES string of the molecule is Cc1ccccc1CC(C)NCC(C)O. The van der Waals surface area contributed by atoms with E-state index in [0.29, 0.717) is 12.6 Å². The van der Waals surface area contributed by atoms with Gasteiger partial charge < -0.3 is 10.4 Å². The molecule has 2 atom stereocenters.